The van der Waals surface area contributed by atoms with Gasteiger partial charge < -0.3 is 14.5 Å². The van der Waals surface area contributed by atoms with Crippen LogP contribution in [0.15, 0.2) is 28.8 Å². The van der Waals surface area contributed by atoms with Gasteiger partial charge in [0.05, 0.1) is 19.9 Å². The van der Waals surface area contributed by atoms with Crippen molar-refractivity contribution in [1.82, 2.24) is 10.3 Å². The minimum Gasteiger partial charge on any atom is -0.494 e. The fourth-order valence-corrected chi connectivity index (χ4v) is 1.68. The van der Waals surface area contributed by atoms with Gasteiger partial charge in [0.1, 0.15) is 0 Å². The molecule has 1 aromatic carbocycles. The smallest absolute Gasteiger partial charge is 0.208 e. The van der Waals surface area contributed by atoms with Gasteiger partial charge in [0.2, 0.25) is 5.89 Å². The van der Waals surface area contributed by atoms with Crippen molar-refractivity contribution >= 4 is 0 Å². The first-order chi connectivity index (χ1) is 9.39. The predicted octanol–water partition coefficient (Wildman–Crippen LogP) is 3.38. The number of benzene rings is 1. The molecule has 108 valence electrons. The monoisotopic (exact) mass is 278 g/mol. The van der Waals surface area contributed by atoms with Gasteiger partial charge in [-0.25, -0.2) is 9.37 Å². The van der Waals surface area contributed by atoms with Gasteiger partial charge >= 0.3 is 0 Å². The van der Waals surface area contributed by atoms with Crippen molar-refractivity contribution in [2.24, 2.45) is 0 Å². The summed E-state index contributed by atoms with van der Waals surface area (Å²) in [5.41, 5.74) is 0.728. The highest BCUT2D eigenvalue weighted by Gasteiger charge is 2.13. The highest BCUT2D eigenvalue weighted by molar-refractivity contribution is 5.59. The minimum atomic E-state index is -0.398. The molecule has 0 aliphatic rings. The molecule has 5 heteroatoms. The van der Waals surface area contributed by atoms with Crippen LogP contribution in [-0.2, 0) is 6.54 Å². The van der Waals surface area contributed by atoms with Gasteiger partial charge in [0.15, 0.2) is 17.3 Å². The first-order valence-corrected chi connectivity index (χ1v) is 6.43. The lowest BCUT2D eigenvalue weighted by Crippen LogP contribution is -2.35. The van der Waals surface area contributed by atoms with E-state index in [4.69, 9.17) is 9.15 Å². The molecule has 2 aromatic rings. The number of rotatable bonds is 4. The molecule has 0 saturated heterocycles. The maximum absolute atomic E-state index is 13.4. The molecule has 0 saturated carbocycles. The van der Waals surface area contributed by atoms with Crippen LogP contribution in [0.5, 0.6) is 5.75 Å². The van der Waals surface area contributed by atoms with E-state index in [0.717, 1.165) is 5.56 Å². The van der Waals surface area contributed by atoms with Crippen molar-refractivity contribution in [3.63, 3.8) is 0 Å². The summed E-state index contributed by atoms with van der Waals surface area (Å²) < 4.78 is 24.0. The zero-order valence-electron chi connectivity index (χ0n) is 12.2. The van der Waals surface area contributed by atoms with Gasteiger partial charge in [0, 0.05) is 11.1 Å². The summed E-state index contributed by atoms with van der Waals surface area (Å²) in [7, 11) is 1.43. The molecule has 0 aliphatic heterocycles. The van der Waals surface area contributed by atoms with E-state index in [2.05, 4.69) is 31.1 Å². The third kappa shape index (κ3) is 3.57. The van der Waals surface area contributed by atoms with E-state index in [1.165, 1.54) is 13.2 Å². The van der Waals surface area contributed by atoms with E-state index in [9.17, 15) is 4.39 Å². The van der Waals surface area contributed by atoms with Crippen LogP contribution in [-0.4, -0.2) is 17.6 Å². The van der Waals surface area contributed by atoms with Crippen LogP contribution in [0.1, 0.15) is 26.7 Å². The van der Waals surface area contributed by atoms with Gasteiger partial charge in [-0.2, -0.15) is 0 Å². The van der Waals surface area contributed by atoms with Crippen LogP contribution in [0.2, 0.25) is 0 Å². The highest BCUT2D eigenvalue weighted by atomic mass is 19.1. The summed E-state index contributed by atoms with van der Waals surface area (Å²) in [6, 6.07) is 4.58. The average Bonchev–Trinajstić information content (AvgIpc) is 2.85. The quantitative estimate of drug-likeness (QED) is 0.931. The molecule has 1 heterocycles. The third-order valence-electron chi connectivity index (χ3n) is 2.76. The molecule has 2 rings (SSSR count). The molecule has 0 spiro atoms. The maximum Gasteiger partial charge on any atom is 0.208 e. The number of ether oxygens (including phenoxy) is 1. The Morgan fingerprint density at radius 1 is 1.35 bits per heavy atom. The number of halogens is 1. The summed E-state index contributed by atoms with van der Waals surface area (Å²) in [4.78, 5) is 4.21. The van der Waals surface area contributed by atoms with Crippen LogP contribution < -0.4 is 10.1 Å². The molecular weight excluding hydrogens is 259 g/mol. The van der Waals surface area contributed by atoms with Crippen molar-refractivity contribution < 1.29 is 13.5 Å². The zero-order valence-corrected chi connectivity index (χ0v) is 12.2. The third-order valence-corrected chi connectivity index (χ3v) is 2.76. The van der Waals surface area contributed by atoms with Crippen molar-refractivity contribution in [3.8, 4) is 17.1 Å². The predicted molar refractivity (Wildman–Crippen MR) is 75.0 cm³/mol. The largest absolute Gasteiger partial charge is 0.494 e. The van der Waals surface area contributed by atoms with Gasteiger partial charge in [-0.05, 0) is 39.0 Å². The SMILES string of the molecule is COc1cc(-c2cnc(CNC(C)(C)C)o2)ccc1F. The molecule has 0 atom stereocenters. The maximum atomic E-state index is 13.4. The van der Waals surface area contributed by atoms with Gasteiger partial charge in [-0.15, -0.1) is 0 Å². The summed E-state index contributed by atoms with van der Waals surface area (Å²) in [5, 5.41) is 3.29. The number of hydrogen-bond donors (Lipinski definition) is 1. The van der Waals surface area contributed by atoms with Crippen LogP contribution >= 0.6 is 0 Å². The molecule has 0 unspecified atom stereocenters. The number of nitrogens with one attached hydrogen (secondary N) is 1. The van der Waals surface area contributed by atoms with Crippen LogP contribution in [0, 0.1) is 5.82 Å². The van der Waals surface area contributed by atoms with Gasteiger partial charge in [-0.1, -0.05) is 0 Å². The summed E-state index contributed by atoms with van der Waals surface area (Å²) >= 11 is 0. The fraction of sp³-hybridized carbons (Fsp3) is 0.400. The Kier molecular flexibility index (Phi) is 4.09. The molecule has 0 amide bonds. The summed E-state index contributed by atoms with van der Waals surface area (Å²) in [6.07, 6.45) is 1.63. The standard InChI is InChI=1S/C15H19FN2O2/c1-15(2,3)18-9-14-17-8-13(20-14)10-5-6-11(16)12(7-10)19-4/h5-8,18H,9H2,1-4H3. The van der Waals surface area contributed by atoms with Crippen molar-refractivity contribution in [2.45, 2.75) is 32.9 Å². The first kappa shape index (κ1) is 14.5. The lowest BCUT2D eigenvalue weighted by Gasteiger charge is -2.18. The second kappa shape index (κ2) is 5.63. The molecule has 1 aromatic heterocycles. The van der Waals surface area contributed by atoms with Crippen LogP contribution in [0.25, 0.3) is 11.3 Å². The Labute approximate surface area is 118 Å². The van der Waals surface area contributed by atoms with E-state index < -0.39 is 5.82 Å². The zero-order chi connectivity index (χ0) is 14.8. The van der Waals surface area contributed by atoms with Crippen molar-refractivity contribution in [2.75, 3.05) is 7.11 Å². The van der Waals surface area contributed by atoms with E-state index in [1.807, 2.05) is 0 Å². The second-order valence-corrected chi connectivity index (χ2v) is 5.57. The Bertz CT molecular complexity index is 588. The van der Waals surface area contributed by atoms with Gasteiger partial charge in [0.25, 0.3) is 0 Å². The summed E-state index contributed by atoms with van der Waals surface area (Å²) in [5.74, 6) is 0.978. The van der Waals surface area contributed by atoms with Crippen molar-refractivity contribution in [3.05, 3.63) is 36.1 Å². The Balaban J connectivity index is 2.16. The van der Waals surface area contributed by atoms with E-state index >= 15 is 0 Å². The molecule has 20 heavy (non-hydrogen) atoms. The Hall–Kier alpha value is -1.88. The molecule has 0 fully saturated rings. The first-order valence-electron chi connectivity index (χ1n) is 6.43. The highest BCUT2D eigenvalue weighted by Crippen LogP contribution is 2.26. The topological polar surface area (TPSA) is 47.3 Å². The lowest BCUT2D eigenvalue weighted by atomic mass is 10.1. The molecule has 1 N–H and O–H groups in total. The Morgan fingerprint density at radius 2 is 2.10 bits per heavy atom. The van der Waals surface area contributed by atoms with Gasteiger partial charge in [-0.3, -0.25) is 0 Å². The molecule has 4 nitrogen and oxygen atoms in total. The number of aromatic nitrogens is 1. The lowest BCUT2D eigenvalue weighted by molar-refractivity contribution is 0.382. The fourth-order valence-electron chi connectivity index (χ4n) is 1.68. The Morgan fingerprint density at radius 3 is 2.75 bits per heavy atom. The second-order valence-electron chi connectivity index (χ2n) is 5.57. The van der Waals surface area contributed by atoms with E-state index in [-0.39, 0.29) is 11.3 Å². The number of oxazole rings is 1. The average molecular weight is 278 g/mol. The van der Waals surface area contributed by atoms with Crippen molar-refractivity contribution in [1.29, 1.82) is 0 Å². The van der Waals surface area contributed by atoms with Crippen LogP contribution in [0.3, 0.4) is 0 Å². The number of nitrogens with zero attached hydrogens (tertiary/aromatic N) is 1. The molecule has 0 radical (unpaired) electrons. The van der Waals surface area contributed by atoms with Crippen LogP contribution in [0.4, 0.5) is 4.39 Å². The van der Waals surface area contributed by atoms with E-state index in [0.29, 0.717) is 18.2 Å². The molecular formula is C15H19FN2O2. The number of methoxy groups -OCH3 is 1. The minimum absolute atomic E-state index is 0.00622. The normalized spacial score (nSPS) is 11.7. The molecule has 0 bridgehead atoms. The van der Waals surface area contributed by atoms with E-state index in [1.54, 1.807) is 18.3 Å². The number of hydrogen-bond acceptors (Lipinski definition) is 4. The molecule has 0 aliphatic carbocycles. The summed E-state index contributed by atoms with van der Waals surface area (Å²) in [6.45, 7) is 6.76.